The van der Waals surface area contributed by atoms with Gasteiger partial charge in [-0.1, -0.05) is 32.1 Å². The highest BCUT2D eigenvalue weighted by Gasteiger charge is 2.59. The summed E-state index contributed by atoms with van der Waals surface area (Å²) in [6, 6.07) is 7.96. The molecule has 3 unspecified atom stereocenters. The number of aliphatic carboxylic acids is 1. The van der Waals surface area contributed by atoms with E-state index in [1.807, 2.05) is 30.3 Å². The number of allylic oxidation sites excluding steroid dienone is 3. The Bertz CT molecular complexity index is 1120. The first-order valence-corrected chi connectivity index (χ1v) is 13.6. The Balaban J connectivity index is 1.34. The van der Waals surface area contributed by atoms with Crippen LogP contribution in [0.2, 0.25) is 0 Å². The van der Waals surface area contributed by atoms with Crippen LogP contribution in [-0.4, -0.2) is 24.1 Å². The first-order valence-electron chi connectivity index (χ1n) is 13.6. The van der Waals surface area contributed by atoms with Gasteiger partial charge in [0.05, 0.1) is 12.6 Å². The molecule has 2 saturated carbocycles. The molecular formula is C31H41NO4. The molecule has 194 valence electrons. The summed E-state index contributed by atoms with van der Waals surface area (Å²) in [6.45, 7) is 8.89. The quantitative estimate of drug-likeness (QED) is 0.511. The lowest BCUT2D eigenvalue weighted by Crippen LogP contribution is -2.52. The van der Waals surface area contributed by atoms with Gasteiger partial charge >= 0.3 is 5.97 Å². The molecule has 1 aromatic rings. The van der Waals surface area contributed by atoms with Gasteiger partial charge in [0.2, 0.25) is 5.91 Å². The zero-order chi connectivity index (χ0) is 25.9. The Labute approximate surface area is 215 Å². The van der Waals surface area contributed by atoms with Gasteiger partial charge in [0, 0.05) is 11.5 Å². The fourth-order valence-electron chi connectivity index (χ4n) is 8.40. The summed E-state index contributed by atoms with van der Waals surface area (Å²) < 4.78 is 5.30. The maximum atomic E-state index is 13.8. The van der Waals surface area contributed by atoms with E-state index in [1.54, 1.807) is 7.11 Å². The number of nitrogens with one attached hydrogen (secondary N) is 1. The van der Waals surface area contributed by atoms with Crippen molar-refractivity contribution >= 4 is 11.9 Å². The summed E-state index contributed by atoms with van der Waals surface area (Å²) in [7, 11) is 1.66. The largest absolute Gasteiger partial charge is 0.497 e. The Morgan fingerprint density at radius 1 is 1.06 bits per heavy atom. The van der Waals surface area contributed by atoms with Gasteiger partial charge in [0.15, 0.2) is 0 Å². The zero-order valence-electron chi connectivity index (χ0n) is 22.4. The van der Waals surface area contributed by atoms with E-state index in [1.165, 1.54) is 5.57 Å². The molecule has 0 heterocycles. The molecule has 1 aromatic carbocycles. The van der Waals surface area contributed by atoms with Crippen LogP contribution in [0.4, 0.5) is 0 Å². The topological polar surface area (TPSA) is 75.6 Å². The zero-order valence-corrected chi connectivity index (χ0v) is 22.4. The summed E-state index contributed by atoms with van der Waals surface area (Å²) in [5, 5.41) is 12.9. The van der Waals surface area contributed by atoms with Crippen molar-refractivity contribution in [3.05, 3.63) is 53.1 Å². The fourth-order valence-corrected chi connectivity index (χ4v) is 8.40. The summed E-state index contributed by atoms with van der Waals surface area (Å²) in [5.74, 6) is 1.93. The van der Waals surface area contributed by atoms with Crippen LogP contribution in [0.15, 0.2) is 47.6 Å². The predicted octanol–water partition coefficient (Wildman–Crippen LogP) is 6.25. The Hall–Kier alpha value is -2.56. The number of hydrogen-bond donors (Lipinski definition) is 2. The van der Waals surface area contributed by atoms with Crippen LogP contribution >= 0.6 is 0 Å². The first kappa shape index (κ1) is 25.1. The van der Waals surface area contributed by atoms with Crippen molar-refractivity contribution in [1.29, 1.82) is 0 Å². The lowest BCUT2D eigenvalue weighted by molar-refractivity contribution is -0.133. The number of rotatable bonds is 5. The van der Waals surface area contributed by atoms with Crippen LogP contribution in [0.1, 0.15) is 78.2 Å². The Morgan fingerprint density at radius 3 is 2.44 bits per heavy atom. The lowest BCUT2D eigenvalue weighted by Gasteiger charge is -2.57. The second kappa shape index (κ2) is 8.78. The van der Waals surface area contributed by atoms with E-state index in [0.717, 1.165) is 49.8 Å². The van der Waals surface area contributed by atoms with Gasteiger partial charge in [-0.25, -0.2) is 4.79 Å². The van der Waals surface area contributed by atoms with Gasteiger partial charge in [-0.3, -0.25) is 4.79 Å². The minimum absolute atomic E-state index is 0.0136. The molecule has 0 spiro atoms. The van der Waals surface area contributed by atoms with Crippen molar-refractivity contribution in [2.24, 2.45) is 34.5 Å². The number of amides is 1. The highest BCUT2D eigenvalue weighted by Crippen LogP contribution is 2.66. The minimum atomic E-state index is -0.779. The van der Waals surface area contributed by atoms with Crippen molar-refractivity contribution in [2.75, 3.05) is 7.11 Å². The van der Waals surface area contributed by atoms with Crippen LogP contribution in [0.5, 0.6) is 5.75 Å². The third-order valence-electron chi connectivity index (χ3n) is 10.6. The average Bonchev–Trinajstić information content (AvgIpc) is 3.20. The molecule has 2 fully saturated rings. The average molecular weight is 492 g/mol. The van der Waals surface area contributed by atoms with Gasteiger partial charge in [0.1, 0.15) is 5.75 Å². The van der Waals surface area contributed by atoms with Crippen molar-refractivity contribution in [1.82, 2.24) is 5.32 Å². The van der Waals surface area contributed by atoms with Crippen molar-refractivity contribution < 1.29 is 19.4 Å². The molecule has 5 rings (SSSR count). The summed E-state index contributed by atoms with van der Waals surface area (Å²) in [4.78, 5) is 25.3. The van der Waals surface area contributed by atoms with Gasteiger partial charge in [-0.05, 0) is 117 Å². The lowest BCUT2D eigenvalue weighted by atomic mass is 9.48. The third kappa shape index (κ3) is 3.90. The Morgan fingerprint density at radius 2 is 1.78 bits per heavy atom. The molecule has 5 heteroatoms. The molecule has 2 N–H and O–H groups in total. The van der Waals surface area contributed by atoms with E-state index in [4.69, 9.17) is 4.74 Å². The molecule has 0 radical (unpaired) electrons. The molecule has 0 saturated heterocycles. The van der Waals surface area contributed by atoms with Gasteiger partial charge in [-0.15, -0.1) is 0 Å². The standard InChI is InChI=1S/C31H41NO4/c1-29(2,20-6-9-22(36-5)10-7-20)32-27(33)26-13-12-24-23-11-8-21-18-19(28(34)35)14-16-30(21,3)25(23)15-17-31(24,26)4/h6-10,18,23-26H,11-17H2,1-5H3,(H,32,33)(H,34,35)/t23?,24?,25?,26-,30+,31+/m1/s1. The maximum Gasteiger partial charge on any atom is 0.331 e. The smallest absolute Gasteiger partial charge is 0.331 e. The number of hydrogen-bond acceptors (Lipinski definition) is 3. The maximum absolute atomic E-state index is 13.8. The number of fused-ring (bicyclic) bond motifs is 5. The number of carboxylic acids is 1. The van der Waals surface area contributed by atoms with Gasteiger partial charge in [0.25, 0.3) is 0 Å². The molecule has 4 aliphatic rings. The predicted molar refractivity (Wildman–Crippen MR) is 140 cm³/mol. The van der Waals surface area contributed by atoms with Crippen molar-refractivity contribution in [3.63, 3.8) is 0 Å². The van der Waals surface area contributed by atoms with Crippen LogP contribution in [0.3, 0.4) is 0 Å². The second-order valence-corrected chi connectivity index (χ2v) is 12.7. The van der Waals surface area contributed by atoms with E-state index in [9.17, 15) is 14.7 Å². The summed E-state index contributed by atoms with van der Waals surface area (Å²) >= 11 is 0. The normalized spacial score (nSPS) is 35.5. The van der Waals surface area contributed by atoms with Gasteiger partial charge in [-0.2, -0.15) is 0 Å². The Kier molecular flexibility index (Phi) is 6.12. The van der Waals surface area contributed by atoms with Crippen molar-refractivity contribution in [3.8, 4) is 5.75 Å². The van der Waals surface area contributed by atoms with Crippen LogP contribution in [0.25, 0.3) is 0 Å². The van der Waals surface area contributed by atoms with Crippen LogP contribution < -0.4 is 10.1 Å². The minimum Gasteiger partial charge on any atom is -0.497 e. The molecular weight excluding hydrogens is 450 g/mol. The van der Waals surface area contributed by atoms with Crippen LogP contribution in [-0.2, 0) is 15.1 Å². The first-order chi connectivity index (χ1) is 17.0. The number of carbonyl (C=O) groups is 2. The van der Waals surface area contributed by atoms with E-state index in [0.29, 0.717) is 29.7 Å². The number of benzene rings is 1. The second-order valence-electron chi connectivity index (χ2n) is 12.7. The van der Waals surface area contributed by atoms with Crippen LogP contribution in [0, 0.1) is 34.5 Å². The fraction of sp³-hybridized carbons (Fsp3) is 0.613. The SMILES string of the molecule is COc1ccc(C(C)(C)NC(=O)[C@H]2CCC3C4CC=C5C=C(C(=O)O)CC[C@]5(C)C4CC[C@@]32C)cc1. The number of ether oxygens (including phenoxy) is 1. The molecule has 0 bridgehead atoms. The van der Waals surface area contributed by atoms with Crippen molar-refractivity contribution in [2.45, 2.75) is 78.2 Å². The molecule has 0 aromatic heterocycles. The molecule has 6 atom stereocenters. The number of carboxylic acid groups (broad SMARTS) is 1. The monoisotopic (exact) mass is 491 g/mol. The summed E-state index contributed by atoms with van der Waals surface area (Å²) in [6.07, 6.45) is 11.1. The molecule has 0 aliphatic heterocycles. The highest BCUT2D eigenvalue weighted by atomic mass is 16.5. The third-order valence-corrected chi connectivity index (χ3v) is 10.6. The van der Waals surface area contributed by atoms with E-state index < -0.39 is 11.5 Å². The molecule has 5 nitrogen and oxygen atoms in total. The molecule has 4 aliphatic carbocycles. The molecule has 1 amide bonds. The van der Waals surface area contributed by atoms with Gasteiger partial charge < -0.3 is 15.2 Å². The van der Waals surface area contributed by atoms with E-state index >= 15 is 0 Å². The van der Waals surface area contributed by atoms with E-state index in [2.05, 4.69) is 39.1 Å². The summed E-state index contributed by atoms with van der Waals surface area (Å²) in [5.41, 5.74) is 2.48. The highest BCUT2D eigenvalue weighted by molar-refractivity contribution is 5.87. The number of carbonyl (C=O) groups excluding carboxylic acids is 1. The number of methoxy groups -OCH3 is 1. The molecule has 36 heavy (non-hydrogen) atoms. The van der Waals surface area contributed by atoms with E-state index in [-0.39, 0.29) is 22.7 Å².